The van der Waals surface area contributed by atoms with Gasteiger partial charge in [0, 0.05) is 19.1 Å². The van der Waals surface area contributed by atoms with Gasteiger partial charge in [0.15, 0.2) is 0 Å². The Morgan fingerprint density at radius 1 is 1.36 bits per heavy atom. The molecule has 4 rings (SSSR count). The molecule has 2 heterocycles. The third-order valence-electron chi connectivity index (χ3n) is 5.59. The Balaban J connectivity index is 1.68. The van der Waals surface area contributed by atoms with Gasteiger partial charge in [-0.15, -0.1) is 11.3 Å². The van der Waals surface area contributed by atoms with Gasteiger partial charge in [-0.3, -0.25) is 4.79 Å². The summed E-state index contributed by atoms with van der Waals surface area (Å²) in [6.45, 7) is 3.18. The number of benzene rings is 1. The predicted octanol–water partition coefficient (Wildman–Crippen LogP) is 3.46. The van der Waals surface area contributed by atoms with Crippen LogP contribution in [0.15, 0.2) is 24.3 Å². The van der Waals surface area contributed by atoms with Crippen molar-refractivity contribution in [3.63, 3.8) is 0 Å². The molecule has 4 nitrogen and oxygen atoms in total. The van der Waals surface area contributed by atoms with E-state index in [1.165, 1.54) is 36.3 Å². The minimum Gasteiger partial charge on any atom is -0.332 e. The summed E-state index contributed by atoms with van der Waals surface area (Å²) in [7, 11) is 0. The maximum atomic E-state index is 13.3. The number of hydrogen-bond donors (Lipinski definition) is 1. The summed E-state index contributed by atoms with van der Waals surface area (Å²) in [4.78, 5) is 20.5. The Hall–Kier alpha value is -1.79. The third-order valence-corrected chi connectivity index (χ3v) is 6.61. The van der Waals surface area contributed by atoms with Crippen molar-refractivity contribution in [1.82, 2.24) is 9.88 Å². The molecule has 0 radical (unpaired) electrons. The van der Waals surface area contributed by atoms with E-state index < -0.39 is 0 Å². The van der Waals surface area contributed by atoms with Crippen molar-refractivity contribution < 1.29 is 9.18 Å². The Morgan fingerprint density at radius 3 is 2.84 bits per heavy atom. The Morgan fingerprint density at radius 2 is 2.12 bits per heavy atom. The lowest BCUT2D eigenvalue weighted by Crippen LogP contribution is -2.43. The summed E-state index contributed by atoms with van der Waals surface area (Å²) in [6, 6.07) is 6.36. The van der Waals surface area contributed by atoms with Crippen LogP contribution in [-0.4, -0.2) is 34.9 Å². The summed E-state index contributed by atoms with van der Waals surface area (Å²) >= 11 is 1.48. The number of likely N-dealkylation sites (tertiary alicyclic amines) is 1. The first kappa shape index (κ1) is 16.7. The topological polar surface area (TPSA) is 59.2 Å². The smallest absolute Gasteiger partial charge is 0.274 e. The van der Waals surface area contributed by atoms with Crippen molar-refractivity contribution in [1.29, 1.82) is 0 Å². The molecule has 2 N–H and O–H groups in total. The maximum Gasteiger partial charge on any atom is 0.274 e. The first-order valence-electron chi connectivity index (χ1n) is 8.83. The van der Waals surface area contributed by atoms with Gasteiger partial charge < -0.3 is 10.6 Å². The molecule has 2 fully saturated rings. The lowest BCUT2D eigenvalue weighted by atomic mass is 9.94. The highest BCUT2D eigenvalue weighted by molar-refractivity contribution is 7.15. The van der Waals surface area contributed by atoms with Gasteiger partial charge in [-0.25, -0.2) is 9.37 Å². The minimum absolute atomic E-state index is 0.0338. The van der Waals surface area contributed by atoms with Crippen LogP contribution in [0.5, 0.6) is 0 Å². The highest BCUT2D eigenvalue weighted by atomic mass is 32.1. The first-order valence-corrected chi connectivity index (χ1v) is 9.64. The summed E-state index contributed by atoms with van der Waals surface area (Å²) in [5, 5.41) is 0.839. The van der Waals surface area contributed by atoms with Gasteiger partial charge in [0.1, 0.15) is 11.5 Å². The number of nitrogens with zero attached hydrogens (tertiary/aromatic N) is 2. The third kappa shape index (κ3) is 2.87. The fraction of sp³-hybridized carbons (Fsp3) is 0.474. The number of aromatic nitrogens is 1. The molecule has 3 unspecified atom stereocenters. The molecule has 2 aliphatic rings. The van der Waals surface area contributed by atoms with E-state index in [-0.39, 0.29) is 17.8 Å². The largest absolute Gasteiger partial charge is 0.332 e. The molecule has 0 bridgehead atoms. The van der Waals surface area contributed by atoms with Gasteiger partial charge in [0.25, 0.3) is 5.91 Å². The molecule has 1 aliphatic carbocycles. The van der Waals surface area contributed by atoms with Gasteiger partial charge in [0.05, 0.1) is 9.88 Å². The zero-order valence-electron chi connectivity index (χ0n) is 14.2. The second-order valence-corrected chi connectivity index (χ2v) is 8.24. The van der Waals surface area contributed by atoms with E-state index >= 15 is 0 Å². The van der Waals surface area contributed by atoms with Gasteiger partial charge in [-0.1, -0.05) is 18.6 Å². The van der Waals surface area contributed by atoms with Crippen LogP contribution < -0.4 is 5.73 Å². The average Bonchev–Trinajstić information content (AvgIpc) is 3.28. The lowest BCUT2D eigenvalue weighted by Gasteiger charge is -2.26. The van der Waals surface area contributed by atoms with Crippen LogP contribution in [0.1, 0.15) is 34.8 Å². The molecule has 2 aromatic rings. The molecule has 1 aromatic carbocycles. The van der Waals surface area contributed by atoms with E-state index in [1.807, 2.05) is 11.8 Å². The first-order chi connectivity index (χ1) is 12.1. The van der Waals surface area contributed by atoms with Gasteiger partial charge in [0.2, 0.25) is 0 Å². The standard InChI is InChI=1S/C19H22FN3OS/c1-11-22-17(18(25-11)12-5-7-14(20)8-6-12)19(24)23-10-13-3-2-4-15(13)16(23)9-21/h5-8,13,15-16H,2-4,9-10,21H2,1H3. The molecular formula is C19H22FN3OS. The number of hydrogen-bond acceptors (Lipinski definition) is 4. The molecule has 1 aromatic heterocycles. The monoisotopic (exact) mass is 359 g/mol. The Kier molecular flexibility index (Phi) is 4.33. The zero-order valence-corrected chi connectivity index (χ0v) is 15.1. The molecule has 0 spiro atoms. The molecule has 6 heteroatoms. The summed E-state index contributed by atoms with van der Waals surface area (Å²) in [6.07, 6.45) is 3.59. The van der Waals surface area contributed by atoms with Gasteiger partial charge in [-0.2, -0.15) is 0 Å². The average molecular weight is 359 g/mol. The fourth-order valence-electron chi connectivity index (χ4n) is 4.46. The van der Waals surface area contributed by atoms with E-state index in [2.05, 4.69) is 4.98 Å². The second kappa shape index (κ2) is 6.50. The van der Waals surface area contributed by atoms with Crippen molar-refractivity contribution in [2.24, 2.45) is 17.6 Å². The van der Waals surface area contributed by atoms with E-state index in [4.69, 9.17) is 5.73 Å². The van der Waals surface area contributed by atoms with E-state index in [0.29, 0.717) is 24.1 Å². The zero-order chi connectivity index (χ0) is 17.6. The maximum absolute atomic E-state index is 13.3. The van der Waals surface area contributed by atoms with Crippen molar-refractivity contribution in [2.75, 3.05) is 13.1 Å². The molecule has 3 atom stereocenters. The minimum atomic E-state index is -0.284. The summed E-state index contributed by atoms with van der Waals surface area (Å²) < 4.78 is 13.2. The second-order valence-electron chi connectivity index (χ2n) is 7.03. The molecule has 1 saturated carbocycles. The van der Waals surface area contributed by atoms with Crippen molar-refractivity contribution in [3.05, 3.63) is 40.8 Å². The van der Waals surface area contributed by atoms with Gasteiger partial charge >= 0.3 is 0 Å². The van der Waals surface area contributed by atoms with Crippen molar-refractivity contribution in [3.8, 4) is 10.4 Å². The van der Waals surface area contributed by atoms with E-state index in [1.54, 1.807) is 12.1 Å². The fourth-order valence-corrected chi connectivity index (χ4v) is 5.37. The molecule has 1 aliphatic heterocycles. The number of carbonyl (C=O) groups is 1. The van der Waals surface area contributed by atoms with Crippen LogP contribution in [0.25, 0.3) is 10.4 Å². The number of rotatable bonds is 3. The highest BCUT2D eigenvalue weighted by Crippen LogP contribution is 2.43. The number of fused-ring (bicyclic) bond motifs is 1. The molecular weight excluding hydrogens is 337 g/mol. The quantitative estimate of drug-likeness (QED) is 0.913. The number of aryl methyl sites for hydroxylation is 1. The van der Waals surface area contributed by atoms with Crippen LogP contribution >= 0.6 is 11.3 Å². The number of thiazole rings is 1. The summed E-state index contributed by atoms with van der Waals surface area (Å²) in [5.41, 5.74) is 7.33. The van der Waals surface area contributed by atoms with Crippen LogP contribution in [0.2, 0.25) is 0 Å². The number of amides is 1. The number of halogens is 1. The summed E-state index contributed by atoms with van der Waals surface area (Å²) in [5.74, 6) is 0.788. The Labute approximate surface area is 150 Å². The normalized spacial score (nSPS) is 25.4. The van der Waals surface area contributed by atoms with Crippen LogP contribution in [-0.2, 0) is 0 Å². The molecule has 25 heavy (non-hydrogen) atoms. The highest BCUT2D eigenvalue weighted by Gasteiger charge is 2.46. The van der Waals surface area contributed by atoms with Crippen molar-refractivity contribution in [2.45, 2.75) is 32.2 Å². The van der Waals surface area contributed by atoms with Crippen LogP contribution in [0, 0.1) is 24.6 Å². The van der Waals surface area contributed by atoms with Gasteiger partial charge in [-0.05, 0) is 49.3 Å². The lowest BCUT2D eigenvalue weighted by molar-refractivity contribution is 0.0714. The number of nitrogens with two attached hydrogens (primary N) is 1. The molecule has 1 amide bonds. The molecule has 1 saturated heterocycles. The number of carbonyl (C=O) groups excluding carboxylic acids is 1. The van der Waals surface area contributed by atoms with Crippen LogP contribution in [0.4, 0.5) is 4.39 Å². The van der Waals surface area contributed by atoms with Crippen LogP contribution in [0.3, 0.4) is 0 Å². The SMILES string of the molecule is Cc1nc(C(=O)N2CC3CCCC3C2CN)c(-c2ccc(F)cc2)s1. The molecule has 132 valence electrons. The Bertz CT molecular complexity index is 788. The van der Waals surface area contributed by atoms with E-state index in [9.17, 15) is 9.18 Å². The van der Waals surface area contributed by atoms with Crippen molar-refractivity contribution >= 4 is 17.2 Å². The predicted molar refractivity (Wildman–Crippen MR) is 97.0 cm³/mol. The van der Waals surface area contributed by atoms with E-state index in [0.717, 1.165) is 28.4 Å².